The van der Waals surface area contributed by atoms with E-state index in [1.165, 1.54) is 10.5 Å². The predicted octanol–water partition coefficient (Wildman–Crippen LogP) is 5.15. The molecule has 0 aliphatic carbocycles. The molecular weight excluding hydrogens is 286 g/mol. The lowest BCUT2D eigenvalue weighted by molar-refractivity contribution is 0.592. The lowest BCUT2D eigenvalue weighted by atomic mass is 9.98. The van der Waals surface area contributed by atoms with E-state index in [2.05, 4.69) is 48.8 Å². The smallest absolute Gasteiger partial charge is 0.0602 e. The van der Waals surface area contributed by atoms with Crippen LogP contribution in [0, 0.1) is 0 Å². The summed E-state index contributed by atoms with van der Waals surface area (Å²) < 4.78 is 0. The summed E-state index contributed by atoms with van der Waals surface area (Å²) in [7, 11) is 0. The first-order valence-corrected chi connectivity index (χ1v) is 8.49. The van der Waals surface area contributed by atoms with E-state index >= 15 is 0 Å². The number of rotatable bonds is 6. The Morgan fingerprint density at radius 2 is 1.70 bits per heavy atom. The van der Waals surface area contributed by atoms with E-state index < -0.39 is 0 Å². The van der Waals surface area contributed by atoms with Crippen molar-refractivity contribution in [1.82, 2.24) is 5.32 Å². The van der Waals surface area contributed by atoms with Crippen LogP contribution >= 0.6 is 23.4 Å². The predicted molar refractivity (Wildman–Crippen MR) is 89.8 cm³/mol. The van der Waals surface area contributed by atoms with Gasteiger partial charge in [0.25, 0.3) is 0 Å². The van der Waals surface area contributed by atoms with Gasteiger partial charge in [0.15, 0.2) is 0 Å². The Bertz CT molecular complexity index is 556. The normalized spacial score (nSPS) is 12.3. The fraction of sp³-hybridized carbons (Fsp3) is 0.294. The molecule has 0 heterocycles. The van der Waals surface area contributed by atoms with Gasteiger partial charge in [-0.15, -0.1) is 11.8 Å². The summed E-state index contributed by atoms with van der Waals surface area (Å²) in [5.41, 5.74) is 2.44. The van der Waals surface area contributed by atoms with E-state index in [-0.39, 0.29) is 6.04 Å². The summed E-state index contributed by atoms with van der Waals surface area (Å²) in [6.07, 6.45) is 3.21. The maximum atomic E-state index is 6.40. The first-order valence-electron chi connectivity index (χ1n) is 6.88. The van der Waals surface area contributed by atoms with Crippen molar-refractivity contribution in [3.63, 3.8) is 0 Å². The number of thioether (sulfide) groups is 1. The van der Waals surface area contributed by atoms with Crippen molar-refractivity contribution >= 4 is 23.4 Å². The van der Waals surface area contributed by atoms with Crippen molar-refractivity contribution in [3.8, 4) is 0 Å². The summed E-state index contributed by atoms with van der Waals surface area (Å²) in [4.78, 5) is 1.29. The van der Waals surface area contributed by atoms with Gasteiger partial charge in [-0.25, -0.2) is 0 Å². The van der Waals surface area contributed by atoms with E-state index in [9.17, 15) is 0 Å². The number of hydrogen-bond acceptors (Lipinski definition) is 2. The standard InChI is InChI=1S/C17H20ClNS/c1-3-12-19-17(13-8-4-6-10-15(13)18)14-9-5-7-11-16(14)20-2/h4-11,17,19H,3,12H2,1-2H3. The van der Waals surface area contributed by atoms with Crippen LogP contribution in [0.4, 0.5) is 0 Å². The highest BCUT2D eigenvalue weighted by Crippen LogP contribution is 2.33. The summed E-state index contributed by atoms with van der Waals surface area (Å²) >= 11 is 8.17. The Morgan fingerprint density at radius 3 is 2.35 bits per heavy atom. The van der Waals surface area contributed by atoms with Crippen LogP contribution in [0.25, 0.3) is 0 Å². The molecule has 0 amide bonds. The van der Waals surface area contributed by atoms with E-state index in [0.717, 1.165) is 23.6 Å². The molecule has 2 rings (SSSR count). The molecule has 2 aromatic rings. The zero-order valence-corrected chi connectivity index (χ0v) is 13.5. The Morgan fingerprint density at radius 1 is 1.05 bits per heavy atom. The molecule has 0 aliphatic rings. The van der Waals surface area contributed by atoms with Gasteiger partial charge in [0.1, 0.15) is 0 Å². The monoisotopic (exact) mass is 305 g/mol. The molecule has 0 aliphatic heterocycles. The van der Waals surface area contributed by atoms with E-state index in [1.807, 2.05) is 18.2 Å². The molecule has 20 heavy (non-hydrogen) atoms. The van der Waals surface area contributed by atoms with Crippen molar-refractivity contribution in [3.05, 3.63) is 64.7 Å². The van der Waals surface area contributed by atoms with Gasteiger partial charge in [-0.05, 0) is 42.5 Å². The molecule has 0 saturated carbocycles. The van der Waals surface area contributed by atoms with Gasteiger partial charge >= 0.3 is 0 Å². The molecule has 0 aromatic heterocycles. The number of benzene rings is 2. The molecular formula is C17H20ClNS. The first-order chi connectivity index (χ1) is 9.77. The van der Waals surface area contributed by atoms with Crippen molar-refractivity contribution in [2.45, 2.75) is 24.3 Å². The molecule has 0 bridgehead atoms. The van der Waals surface area contributed by atoms with Crippen molar-refractivity contribution in [2.24, 2.45) is 0 Å². The number of halogens is 1. The second-order valence-corrected chi connectivity index (χ2v) is 5.91. The van der Waals surface area contributed by atoms with E-state index in [1.54, 1.807) is 11.8 Å². The zero-order chi connectivity index (χ0) is 14.4. The fourth-order valence-corrected chi connectivity index (χ4v) is 3.17. The van der Waals surface area contributed by atoms with E-state index in [0.29, 0.717) is 0 Å². The van der Waals surface area contributed by atoms with Crippen molar-refractivity contribution in [2.75, 3.05) is 12.8 Å². The highest BCUT2D eigenvalue weighted by molar-refractivity contribution is 7.98. The second kappa shape index (κ2) is 7.72. The van der Waals surface area contributed by atoms with Crippen LogP contribution < -0.4 is 5.32 Å². The van der Waals surface area contributed by atoms with Gasteiger partial charge in [0.2, 0.25) is 0 Å². The summed E-state index contributed by atoms with van der Waals surface area (Å²) in [5.74, 6) is 0. The SMILES string of the molecule is CCCNC(c1ccccc1Cl)c1ccccc1SC. The lowest BCUT2D eigenvalue weighted by Gasteiger charge is -2.22. The van der Waals surface area contributed by atoms with E-state index in [4.69, 9.17) is 11.6 Å². The van der Waals surface area contributed by atoms with Crippen LogP contribution in [-0.2, 0) is 0 Å². The Kier molecular flexibility index (Phi) is 5.96. The molecule has 1 atom stereocenters. The van der Waals surface area contributed by atoms with Gasteiger partial charge < -0.3 is 5.32 Å². The largest absolute Gasteiger partial charge is 0.306 e. The quantitative estimate of drug-likeness (QED) is 0.741. The molecule has 1 nitrogen and oxygen atoms in total. The van der Waals surface area contributed by atoms with Gasteiger partial charge in [-0.1, -0.05) is 54.9 Å². The minimum absolute atomic E-state index is 0.146. The third-order valence-corrected chi connectivity index (χ3v) is 4.42. The molecule has 0 fully saturated rings. The molecule has 3 heteroatoms. The summed E-state index contributed by atoms with van der Waals surface area (Å²) in [6, 6.07) is 16.7. The third kappa shape index (κ3) is 3.57. The van der Waals surface area contributed by atoms with Gasteiger partial charge in [0.05, 0.1) is 6.04 Å². The van der Waals surface area contributed by atoms with Crippen LogP contribution in [-0.4, -0.2) is 12.8 Å². The van der Waals surface area contributed by atoms with Crippen LogP contribution in [0.2, 0.25) is 5.02 Å². The average Bonchev–Trinajstić information content (AvgIpc) is 2.49. The molecule has 1 unspecified atom stereocenters. The highest BCUT2D eigenvalue weighted by Gasteiger charge is 2.18. The molecule has 106 valence electrons. The number of nitrogens with one attached hydrogen (secondary N) is 1. The van der Waals surface area contributed by atoms with Crippen molar-refractivity contribution < 1.29 is 0 Å². The molecule has 0 radical (unpaired) electrons. The maximum absolute atomic E-state index is 6.40. The first kappa shape index (κ1) is 15.4. The second-order valence-electron chi connectivity index (χ2n) is 4.65. The zero-order valence-electron chi connectivity index (χ0n) is 11.9. The maximum Gasteiger partial charge on any atom is 0.0602 e. The Hall–Kier alpha value is -0.960. The minimum Gasteiger partial charge on any atom is -0.306 e. The van der Waals surface area contributed by atoms with Crippen LogP contribution in [0.15, 0.2) is 53.4 Å². The third-order valence-electron chi connectivity index (χ3n) is 3.26. The summed E-state index contributed by atoms with van der Waals surface area (Å²) in [6.45, 7) is 3.15. The summed E-state index contributed by atoms with van der Waals surface area (Å²) in [5, 5.41) is 4.44. The van der Waals surface area contributed by atoms with Crippen LogP contribution in [0.1, 0.15) is 30.5 Å². The highest BCUT2D eigenvalue weighted by atomic mass is 35.5. The number of hydrogen-bond donors (Lipinski definition) is 1. The van der Waals surface area contributed by atoms with Gasteiger partial charge in [-0.3, -0.25) is 0 Å². The van der Waals surface area contributed by atoms with Crippen molar-refractivity contribution in [1.29, 1.82) is 0 Å². The molecule has 1 N–H and O–H groups in total. The molecule has 0 saturated heterocycles. The fourth-order valence-electron chi connectivity index (χ4n) is 2.29. The Balaban J connectivity index is 2.44. The molecule has 0 spiro atoms. The molecule has 2 aromatic carbocycles. The Labute approximate surface area is 130 Å². The van der Waals surface area contributed by atoms with Crippen LogP contribution in [0.5, 0.6) is 0 Å². The topological polar surface area (TPSA) is 12.0 Å². The van der Waals surface area contributed by atoms with Crippen LogP contribution in [0.3, 0.4) is 0 Å². The average molecular weight is 306 g/mol. The lowest BCUT2D eigenvalue weighted by Crippen LogP contribution is -2.24. The van der Waals surface area contributed by atoms with Gasteiger partial charge in [0, 0.05) is 9.92 Å². The minimum atomic E-state index is 0.146. The van der Waals surface area contributed by atoms with Gasteiger partial charge in [-0.2, -0.15) is 0 Å².